The molecule has 0 fully saturated rings. The summed E-state index contributed by atoms with van der Waals surface area (Å²) in [4.78, 5) is 31.6. The van der Waals surface area contributed by atoms with E-state index in [1.807, 2.05) is 49.4 Å². The number of aryl methyl sites for hydroxylation is 1. The van der Waals surface area contributed by atoms with Crippen LogP contribution in [0.3, 0.4) is 0 Å². The summed E-state index contributed by atoms with van der Waals surface area (Å²) >= 11 is 0. The van der Waals surface area contributed by atoms with Crippen LogP contribution in [0.1, 0.15) is 15.9 Å². The van der Waals surface area contributed by atoms with Gasteiger partial charge in [-0.3, -0.25) is 19.9 Å². The standard InChI is InChI=1S/C19H15N5O2/c1-12-7-9-13(10-8-12)17(25)22-19-21-16-15(18(26)23-19)11-20-24(16)14-5-3-2-4-6-14/h2-11H,1H3,(H2,21,22,23,25,26). The number of rotatable bonds is 3. The summed E-state index contributed by atoms with van der Waals surface area (Å²) in [5.41, 5.74) is 2.32. The second kappa shape index (κ2) is 6.29. The molecule has 0 unspecified atom stereocenters. The van der Waals surface area contributed by atoms with E-state index in [0.717, 1.165) is 11.3 Å². The fourth-order valence-corrected chi connectivity index (χ4v) is 2.62. The summed E-state index contributed by atoms with van der Waals surface area (Å²) in [5, 5.41) is 7.22. The number of nitrogens with zero attached hydrogens (tertiary/aromatic N) is 3. The Morgan fingerprint density at radius 2 is 1.81 bits per heavy atom. The second-order valence-corrected chi connectivity index (χ2v) is 5.86. The van der Waals surface area contributed by atoms with Gasteiger partial charge in [0.15, 0.2) is 5.65 Å². The van der Waals surface area contributed by atoms with Crippen molar-refractivity contribution in [2.24, 2.45) is 0 Å². The quantitative estimate of drug-likeness (QED) is 0.597. The van der Waals surface area contributed by atoms with Crippen molar-refractivity contribution in [1.29, 1.82) is 0 Å². The minimum absolute atomic E-state index is 0.0748. The molecule has 4 aromatic rings. The van der Waals surface area contributed by atoms with Gasteiger partial charge in [0, 0.05) is 5.56 Å². The Kier molecular flexibility index (Phi) is 3.81. The number of anilines is 1. The van der Waals surface area contributed by atoms with Crippen LogP contribution in [0, 0.1) is 6.92 Å². The van der Waals surface area contributed by atoms with Gasteiger partial charge in [-0.2, -0.15) is 10.1 Å². The number of amides is 1. The highest BCUT2D eigenvalue weighted by molar-refractivity contribution is 6.03. The minimum atomic E-state index is -0.364. The zero-order valence-corrected chi connectivity index (χ0v) is 13.9. The summed E-state index contributed by atoms with van der Waals surface area (Å²) in [6.07, 6.45) is 1.46. The molecule has 0 aliphatic heterocycles. The lowest BCUT2D eigenvalue weighted by molar-refractivity contribution is 0.102. The van der Waals surface area contributed by atoms with Crippen LogP contribution in [-0.2, 0) is 0 Å². The molecule has 0 spiro atoms. The summed E-state index contributed by atoms with van der Waals surface area (Å²) in [7, 11) is 0. The number of carbonyl (C=O) groups is 1. The molecule has 0 bridgehead atoms. The van der Waals surface area contributed by atoms with E-state index in [4.69, 9.17) is 0 Å². The number of aromatic nitrogens is 4. The predicted octanol–water partition coefficient (Wildman–Crippen LogP) is 2.67. The Bertz CT molecular complexity index is 1140. The van der Waals surface area contributed by atoms with Gasteiger partial charge in [-0.05, 0) is 31.2 Å². The first kappa shape index (κ1) is 15.8. The molecule has 0 atom stereocenters. The van der Waals surface area contributed by atoms with E-state index in [0.29, 0.717) is 16.6 Å². The van der Waals surface area contributed by atoms with E-state index in [2.05, 4.69) is 20.4 Å². The van der Waals surface area contributed by atoms with Gasteiger partial charge in [-0.1, -0.05) is 35.9 Å². The second-order valence-electron chi connectivity index (χ2n) is 5.86. The number of hydrogen-bond acceptors (Lipinski definition) is 4. The Hall–Kier alpha value is -3.74. The smallest absolute Gasteiger partial charge is 0.263 e. The molecule has 7 nitrogen and oxygen atoms in total. The monoisotopic (exact) mass is 345 g/mol. The highest BCUT2D eigenvalue weighted by Gasteiger charge is 2.13. The lowest BCUT2D eigenvalue weighted by Gasteiger charge is -2.06. The van der Waals surface area contributed by atoms with Crippen LogP contribution in [0.5, 0.6) is 0 Å². The van der Waals surface area contributed by atoms with Gasteiger partial charge in [-0.15, -0.1) is 0 Å². The molecular weight excluding hydrogens is 330 g/mol. The Morgan fingerprint density at radius 3 is 2.54 bits per heavy atom. The average Bonchev–Trinajstić information content (AvgIpc) is 3.07. The molecule has 0 saturated heterocycles. The van der Waals surface area contributed by atoms with E-state index in [9.17, 15) is 9.59 Å². The number of H-pyrrole nitrogens is 1. The first-order valence-electron chi connectivity index (χ1n) is 8.03. The van der Waals surface area contributed by atoms with Crippen molar-refractivity contribution in [3.05, 3.63) is 82.3 Å². The summed E-state index contributed by atoms with van der Waals surface area (Å²) in [5.74, 6) is -0.274. The van der Waals surface area contributed by atoms with Crippen molar-refractivity contribution in [1.82, 2.24) is 19.7 Å². The number of benzene rings is 2. The molecule has 0 aliphatic rings. The van der Waals surface area contributed by atoms with Crippen LogP contribution in [0.4, 0.5) is 5.95 Å². The molecule has 26 heavy (non-hydrogen) atoms. The van der Waals surface area contributed by atoms with Crippen LogP contribution in [0.2, 0.25) is 0 Å². The molecule has 2 heterocycles. The fraction of sp³-hybridized carbons (Fsp3) is 0.0526. The van der Waals surface area contributed by atoms with Crippen LogP contribution in [-0.4, -0.2) is 25.7 Å². The number of aromatic amines is 1. The molecule has 4 rings (SSSR count). The Morgan fingerprint density at radius 1 is 1.08 bits per heavy atom. The van der Waals surface area contributed by atoms with E-state index >= 15 is 0 Å². The highest BCUT2D eigenvalue weighted by atomic mass is 16.2. The SMILES string of the molecule is Cc1ccc(C(=O)Nc2nc3c(cnn3-c3ccccc3)c(=O)[nH]2)cc1. The van der Waals surface area contributed by atoms with E-state index < -0.39 is 0 Å². The maximum absolute atomic E-state index is 12.4. The molecule has 7 heteroatoms. The molecule has 2 aromatic carbocycles. The van der Waals surface area contributed by atoms with Gasteiger partial charge in [0.1, 0.15) is 5.39 Å². The average molecular weight is 345 g/mol. The van der Waals surface area contributed by atoms with Gasteiger partial charge in [0.05, 0.1) is 11.9 Å². The fourth-order valence-electron chi connectivity index (χ4n) is 2.62. The highest BCUT2D eigenvalue weighted by Crippen LogP contribution is 2.15. The third-order valence-electron chi connectivity index (χ3n) is 3.98. The minimum Gasteiger partial charge on any atom is -0.292 e. The van der Waals surface area contributed by atoms with Crippen molar-refractivity contribution in [3.63, 3.8) is 0 Å². The molecule has 0 aliphatic carbocycles. The first-order valence-corrected chi connectivity index (χ1v) is 8.03. The maximum Gasteiger partial charge on any atom is 0.263 e. The van der Waals surface area contributed by atoms with Crippen molar-refractivity contribution < 1.29 is 4.79 Å². The zero-order valence-electron chi connectivity index (χ0n) is 13.9. The van der Waals surface area contributed by atoms with Gasteiger partial charge >= 0.3 is 0 Å². The normalized spacial score (nSPS) is 10.8. The van der Waals surface area contributed by atoms with E-state index in [1.165, 1.54) is 6.20 Å². The summed E-state index contributed by atoms with van der Waals surface area (Å²) in [6, 6.07) is 16.5. The molecule has 0 radical (unpaired) electrons. The lowest BCUT2D eigenvalue weighted by Crippen LogP contribution is -2.18. The third-order valence-corrected chi connectivity index (χ3v) is 3.98. The van der Waals surface area contributed by atoms with Crippen molar-refractivity contribution in [2.45, 2.75) is 6.92 Å². The van der Waals surface area contributed by atoms with Gasteiger partial charge in [0.2, 0.25) is 5.95 Å². The van der Waals surface area contributed by atoms with Gasteiger partial charge in [-0.25, -0.2) is 4.68 Å². The molecular formula is C19H15N5O2. The van der Waals surface area contributed by atoms with Crippen molar-refractivity contribution >= 4 is 22.9 Å². The van der Waals surface area contributed by atoms with Crippen LogP contribution < -0.4 is 10.9 Å². The predicted molar refractivity (Wildman–Crippen MR) is 98.6 cm³/mol. The number of carbonyl (C=O) groups excluding carboxylic acids is 1. The molecule has 128 valence electrons. The van der Waals surface area contributed by atoms with Crippen LogP contribution in [0.15, 0.2) is 65.6 Å². The largest absolute Gasteiger partial charge is 0.292 e. The third kappa shape index (κ3) is 2.86. The maximum atomic E-state index is 12.4. The van der Waals surface area contributed by atoms with E-state index in [1.54, 1.807) is 16.8 Å². The lowest BCUT2D eigenvalue weighted by atomic mass is 10.1. The number of fused-ring (bicyclic) bond motifs is 1. The number of hydrogen-bond donors (Lipinski definition) is 2. The van der Waals surface area contributed by atoms with Crippen LogP contribution >= 0.6 is 0 Å². The number of nitrogens with one attached hydrogen (secondary N) is 2. The Balaban J connectivity index is 1.73. The first-order chi connectivity index (χ1) is 12.6. The summed E-state index contributed by atoms with van der Waals surface area (Å²) < 4.78 is 1.56. The van der Waals surface area contributed by atoms with Crippen molar-refractivity contribution in [3.8, 4) is 5.69 Å². The topological polar surface area (TPSA) is 92.7 Å². The molecule has 2 N–H and O–H groups in total. The molecule has 0 saturated carbocycles. The van der Waals surface area contributed by atoms with E-state index in [-0.39, 0.29) is 17.4 Å². The van der Waals surface area contributed by atoms with Crippen LogP contribution in [0.25, 0.3) is 16.7 Å². The summed E-state index contributed by atoms with van der Waals surface area (Å²) in [6.45, 7) is 1.94. The number of para-hydroxylation sites is 1. The zero-order chi connectivity index (χ0) is 18.1. The van der Waals surface area contributed by atoms with Gasteiger partial charge in [0.25, 0.3) is 11.5 Å². The Labute approximate surface area is 148 Å². The van der Waals surface area contributed by atoms with Gasteiger partial charge < -0.3 is 0 Å². The molecule has 1 amide bonds. The van der Waals surface area contributed by atoms with Crippen molar-refractivity contribution in [2.75, 3.05) is 5.32 Å². The molecule has 2 aromatic heterocycles.